The molecule has 1 N–H and O–H groups in total. The largest absolute Gasteiger partial charge is 0.489 e. The fraction of sp³-hybridized carbons (Fsp3) is 0.0417. The van der Waals surface area contributed by atoms with Gasteiger partial charge in [-0.15, -0.1) is 0 Å². The summed E-state index contributed by atoms with van der Waals surface area (Å²) < 4.78 is 6.30. The Balaban J connectivity index is 1.36. The normalized spacial score (nSPS) is 14.6. The predicted octanol–water partition coefficient (Wildman–Crippen LogP) is 4.99. The summed E-state index contributed by atoms with van der Waals surface area (Å²) in [5, 5.41) is 2.60. The Morgan fingerprint density at radius 1 is 0.933 bits per heavy atom. The van der Waals surface area contributed by atoms with Crippen molar-refractivity contribution in [3.8, 4) is 5.75 Å². The van der Waals surface area contributed by atoms with Crippen LogP contribution in [0.1, 0.15) is 27.0 Å². The standard InChI is InChI=1S/C24H17NO3S2/c26-22(18-4-2-1-3-5-18)19-10-12-20(13-11-19)28-15-17-8-6-16(7-9-17)14-21-23(27)25-24(29)30-21/h1-14H,15H2,(H,25,27,29). The molecule has 0 bridgehead atoms. The minimum absolute atomic E-state index is 0.0123. The summed E-state index contributed by atoms with van der Waals surface area (Å²) in [5.41, 5.74) is 3.21. The first kappa shape index (κ1) is 20.1. The summed E-state index contributed by atoms with van der Waals surface area (Å²) in [6.45, 7) is 0.405. The van der Waals surface area contributed by atoms with Gasteiger partial charge in [0.1, 0.15) is 16.7 Å². The Kier molecular flexibility index (Phi) is 6.07. The lowest BCUT2D eigenvalue weighted by molar-refractivity contribution is -0.115. The number of ether oxygens (including phenoxy) is 1. The van der Waals surface area contributed by atoms with Crippen molar-refractivity contribution in [2.45, 2.75) is 6.61 Å². The summed E-state index contributed by atoms with van der Waals surface area (Å²) in [5.74, 6) is 0.520. The molecule has 1 aliphatic heterocycles. The second kappa shape index (κ2) is 9.07. The first-order valence-electron chi connectivity index (χ1n) is 9.25. The topological polar surface area (TPSA) is 55.4 Å². The first-order chi connectivity index (χ1) is 14.6. The average Bonchev–Trinajstić information content (AvgIpc) is 3.10. The van der Waals surface area contributed by atoms with Crippen LogP contribution in [-0.4, -0.2) is 16.0 Å². The fourth-order valence-electron chi connectivity index (χ4n) is 2.91. The highest BCUT2D eigenvalue weighted by molar-refractivity contribution is 8.26. The molecule has 0 atom stereocenters. The van der Waals surface area contributed by atoms with Crippen LogP contribution >= 0.6 is 24.0 Å². The third-order valence-electron chi connectivity index (χ3n) is 4.48. The van der Waals surface area contributed by atoms with Gasteiger partial charge in [-0.25, -0.2) is 0 Å². The zero-order valence-electron chi connectivity index (χ0n) is 15.8. The molecule has 1 saturated heterocycles. The number of carbonyl (C=O) groups is 2. The molecule has 0 aliphatic carbocycles. The molecule has 0 unspecified atom stereocenters. The molecule has 1 fully saturated rings. The second-order valence-electron chi connectivity index (χ2n) is 6.60. The molecule has 1 heterocycles. The van der Waals surface area contributed by atoms with Crippen molar-refractivity contribution in [1.82, 2.24) is 5.32 Å². The van der Waals surface area contributed by atoms with Gasteiger partial charge in [-0.05, 0) is 41.5 Å². The van der Waals surface area contributed by atoms with Crippen molar-refractivity contribution >= 4 is 46.1 Å². The molecule has 4 rings (SSSR count). The van der Waals surface area contributed by atoms with Crippen LogP contribution in [0.15, 0.2) is 83.8 Å². The molecule has 3 aromatic carbocycles. The second-order valence-corrected chi connectivity index (χ2v) is 8.32. The van der Waals surface area contributed by atoms with Gasteiger partial charge >= 0.3 is 0 Å². The minimum atomic E-state index is -0.161. The van der Waals surface area contributed by atoms with Crippen molar-refractivity contribution in [2.24, 2.45) is 0 Å². The molecule has 148 valence electrons. The van der Waals surface area contributed by atoms with Crippen LogP contribution in [0.25, 0.3) is 6.08 Å². The molecule has 1 amide bonds. The van der Waals surface area contributed by atoms with Crippen molar-refractivity contribution < 1.29 is 14.3 Å². The minimum Gasteiger partial charge on any atom is -0.489 e. The maximum absolute atomic E-state index is 12.5. The number of hydrogen-bond donors (Lipinski definition) is 1. The Morgan fingerprint density at radius 3 is 2.23 bits per heavy atom. The van der Waals surface area contributed by atoms with Crippen molar-refractivity contribution in [3.05, 3.63) is 106 Å². The highest BCUT2D eigenvalue weighted by atomic mass is 32.2. The van der Waals surface area contributed by atoms with Gasteiger partial charge < -0.3 is 10.1 Å². The quantitative estimate of drug-likeness (QED) is 0.339. The van der Waals surface area contributed by atoms with E-state index in [0.717, 1.165) is 11.1 Å². The summed E-state index contributed by atoms with van der Waals surface area (Å²) in [6.07, 6.45) is 1.81. The summed E-state index contributed by atoms with van der Waals surface area (Å²) in [4.78, 5) is 24.8. The Bertz CT molecular complexity index is 1120. The summed E-state index contributed by atoms with van der Waals surface area (Å²) in [6, 6.07) is 24.1. The molecular formula is C24H17NO3S2. The lowest BCUT2D eigenvalue weighted by atomic mass is 10.0. The van der Waals surface area contributed by atoms with Crippen LogP contribution in [0.3, 0.4) is 0 Å². The third-order valence-corrected chi connectivity index (χ3v) is 5.64. The molecule has 6 heteroatoms. The number of thiocarbonyl (C=S) groups is 1. The van der Waals surface area contributed by atoms with Crippen molar-refractivity contribution in [2.75, 3.05) is 0 Å². The SMILES string of the molecule is O=C1NC(=S)SC1=Cc1ccc(COc2ccc(C(=O)c3ccccc3)cc2)cc1. The molecule has 1 aliphatic rings. The number of hydrogen-bond acceptors (Lipinski definition) is 5. The van der Waals surface area contributed by atoms with Gasteiger partial charge in [-0.3, -0.25) is 9.59 Å². The van der Waals surface area contributed by atoms with E-state index in [-0.39, 0.29) is 11.7 Å². The van der Waals surface area contributed by atoms with Gasteiger partial charge in [0, 0.05) is 11.1 Å². The molecule has 3 aromatic rings. The van der Waals surface area contributed by atoms with Gasteiger partial charge in [0.2, 0.25) is 0 Å². The molecular weight excluding hydrogens is 414 g/mol. The Labute approximate surface area is 184 Å². The third kappa shape index (κ3) is 4.84. The van der Waals surface area contributed by atoms with E-state index in [1.807, 2.05) is 48.5 Å². The number of carbonyl (C=O) groups excluding carboxylic acids is 2. The summed E-state index contributed by atoms with van der Waals surface area (Å²) in [7, 11) is 0. The number of amides is 1. The fourth-order valence-corrected chi connectivity index (χ4v) is 3.95. The first-order valence-corrected chi connectivity index (χ1v) is 10.5. The Hall–Kier alpha value is -3.22. The lowest BCUT2D eigenvalue weighted by Crippen LogP contribution is -2.17. The van der Waals surface area contributed by atoms with Crippen LogP contribution in [0, 0.1) is 0 Å². The van der Waals surface area contributed by atoms with E-state index in [4.69, 9.17) is 17.0 Å². The molecule has 0 aromatic heterocycles. The van der Waals surface area contributed by atoms with Crippen molar-refractivity contribution in [1.29, 1.82) is 0 Å². The van der Waals surface area contributed by atoms with Crippen LogP contribution in [-0.2, 0) is 11.4 Å². The monoisotopic (exact) mass is 431 g/mol. The lowest BCUT2D eigenvalue weighted by Gasteiger charge is -2.08. The van der Waals surface area contributed by atoms with E-state index in [0.29, 0.717) is 32.7 Å². The van der Waals surface area contributed by atoms with E-state index >= 15 is 0 Å². The Morgan fingerprint density at radius 2 is 1.60 bits per heavy atom. The molecule has 30 heavy (non-hydrogen) atoms. The smallest absolute Gasteiger partial charge is 0.263 e. The van der Waals surface area contributed by atoms with Gasteiger partial charge in [0.15, 0.2) is 5.78 Å². The van der Waals surface area contributed by atoms with E-state index in [1.165, 1.54) is 11.8 Å². The number of rotatable bonds is 6. The van der Waals surface area contributed by atoms with Crippen LogP contribution in [0.2, 0.25) is 0 Å². The van der Waals surface area contributed by atoms with E-state index in [9.17, 15) is 9.59 Å². The number of nitrogens with one attached hydrogen (secondary N) is 1. The van der Waals surface area contributed by atoms with Gasteiger partial charge in [-0.2, -0.15) is 0 Å². The number of ketones is 1. The number of benzene rings is 3. The maximum atomic E-state index is 12.5. The van der Waals surface area contributed by atoms with Crippen molar-refractivity contribution in [3.63, 3.8) is 0 Å². The van der Waals surface area contributed by atoms with Gasteiger partial charge in [-0.1, -0.05) is 78.6 Å². The predicted molar refractivity (Wildman–Crippen MR) is 123 cm³/mol. The highest BCUT2D eigenvalue weighted by Crippen LogP contribution is 2.26. The van der Waals surface area contributed by atoms with E-state index < -0.39 is 0 Å². The van der Waals surface area contributed by atoms with Gasteiger partial charge in [0.05, 0.1) is 4.91 Å². The zero-order valence-corrected chi connectivity index (χ0v) is 17.5. The van der Waals surface area contributed by atoms with Gasteiger partial charge in [0.25, 0.3) is 5.91 Å². The highest BCUT2D eigenvalue weighted by Gasteiger charge is 2.21. The molecule has 0 radical (unpaired) electrons. The molecule has 0 saturated carbocycles. The van der Waals surface area contributed by atoms with Crippen LogP contribution in [0.5, 0.6) is 5.75 Å². The average molecular weight is 432 g/mol. The molecule has 4 nitrogen and oxygen atoms in total. The van der Waals surface area contributed by atoms with E-state index in [2.05, 4.69) is 5.32 Å². The summed E-state index contributed by atoms with van der Waals surface area (Å²) >= 11 is 6.26. The molecule has 0 spiro atoms. The van der Waals surface area contributed by atoms with E-state index in [1.54, 1.807) is 36.4 Å². The maximum Gasteiger partial charge on any atom is 0.263 e. The van der Waals surface area contributed by atoms with Crippen LogP contribution < -0.4 is 10.1 Å². The number of thioether (sulfide) groups is 1. The zero-order chi connectivity index (χ0) is 20.9. The van der Waals surface area contributed by atoms with Crippen LogP contribution in [0.4, 0.5) is 0 Å².